The number of anilines is 1. The summed E-state index contributed by atoms with van der Waals surface area (Å²) in [6.45, 7) is 0. The Bertz CT molecular complexity index is 339. The fourth-order valence-electron chi connectivity index (χ4n) is 1.63. The first kappa shape index (κ1) is 13.2. The number of hydrogen-bond acceptors (Lipinski definition) is 6. The highest BCUT2D eigenvalue weighted by Gasteiger charge is 2.15. The lowest BCUT2D eigenvalue weighted by Gasteiger charge is -2.06. The van der Waals surface area contributed by atoms with E-state index in [-0.39, 0.29) is 5.91 Å². The van der Waals surface area contributed by atoms with Crippen molar-refractivity contribution in [2.24, 2.45) is 0 Å². The largest absolute Gasteiger partial charge is 0.301 e. The second-order valence-corrected chi connectivity index (χ2v) is 7.49. The summed E-state index contributed by atoms with van der Waals surface area (Å²) in [4.78, 5) is 11.5. The van der Waals surface area contributed by atoms with Gasteiger partial charge in [0, 0.05) is 17.4 Å². The number of amides is 1. The third-order valence-electron chi connectivity index (χ3n) is 2.51. The second kappa shape index (κ2) is 7.23. The summed E-state index contributed by atoms with van der Waals surface area (Å²) in [5, 5.41) is 11.6. The Hall–Kier alpha value is -0.270. The quantitative estimate of drug-likeness (QED) is 0.644. The zero-order valence-corrected chi connectivity index (χ0v) is 11.9. The van der Waals surface area contributed by atoms with E-state index in [1.54, 1.807) is 5.51 Å². The molecule has 1 aromatic rings. The first-order valence-corrected chi connectivity index (χ1v) is 8.95. The van der Waals surface area contributed by atoms with Crippen molar-refractivity contribution in [3.05, 3.63) is 5.51 Å². The average Bonchev–Trinajstić information content (AvgIpc) is 2.96. The first-order valence-electron chi connectivity index (χ1n) is 5.69. The Kier molecular flexibility index (Phi) is 5.60. The van der Waals surface area contributed by atoms with Crippen molar-refractivity contribution < 1.29 is 4.79 Å². The van der Waals surface area contributed by atoms with E-state index in [0.29, 0.717) is 11.6 Å². The minimum absolute atomic E-state index is 0.0511. The van der Waals surface area contributed by atoms with Gasteiger partial charge in [0.2, 0.25) is 11.0 Å². The van der Waals surface area contributed by atoms with Crippen LogP contribution in [0.15, 0.2) is 5.51 Å². The van der Waals surface area contributed by atoms with E-state index in [1.807, 2.05) is 21.6 Å². The van der Waals surface area contributed by atoms with Crippen LogP contribution >= 0.6 is 32.9 Å². The molecule has 0 saturated carbocycles. The molecule has 0 bridgehead atoms. The third kappa shape index (κ3) is 4.85. The molecule has 4 nitrogen and oxygen atoms in total. The highest BCUT2D eigenvalue weighted by atomic mass is 33.1. The van der Waals surface area contributed by atoms with Gasteiger partial charge in [-0.1, -0.05) is 39.3 Å². The number of hydrogen-bond donors (Lipinski definition) is 1. The van der Waals surface area contributed by atoms with Crippen LogP contribution in [0, 0.1) is 0 Å². The molecule has 1 aliphatic heterocycles. The van der Waals surface area contributed by atoms with Crippen LogP contribution in [0.3, 0.4) is 0 Å². The zero-order chi connectivity index (χ0) is 11.9. The van der Waals surface area contributed by atoms with Crippen LogP contribution in [-0.4, -0.2) is 27.1 Å². The summed E-state index contributed by atoms with van der Waals surface area (Å²) in [6, 6.07) is 0. The van der Waals surface area contributed by atoms with Crippen LogP contribution in [0.4, 0.5) is 5.13 Å². The van der Waals surface area contributed by atoms with E-state index in [4.69, 9.17) is 0 Å². The lowest BCUT2D eigenvalue weighted by molar-refractivity contribution is -0.116. The van der Waals surface area contributed by atoms with Gasteiger partial charge >= 0.3 is 0 Å². The van der Waals surface area contributed by atoms with E-state index in [0.717, 1.165) is 18.1 Å². The highest BCUT2D eigenvalue weighted by molar-refractivity contribution is 8.77. The van der Waals surface area contributed by atoms with Gasteiger partial charge in [-0.15, -0.1) is 10.2 Å². The van der Waals surface area contributed by atoms with E-state index in [1.165, 1.54) is 29.9 Å². The molecular weight excluding hydrogens is 274 g/mol. The van der Waals surface area contributed by atoms with Crippen LogP contribution in [0.5, 0.6) is 0 Å². The number of aromatic nitrogens is 2. The Morgan fingerprint density at radius 1 is 1.53 bits per heavy atom. The molecule has 94 valence electrons. The van der Waals surface area contributed by atoms with Gasteiger partial charge in [-0.3, -0.25) is 4.79 Å². The maximum absolute atomic E-state index is 11.5. The Morgan fingerprint density at radius 3 is 3.18 bits per heavy atom. The van der Waals surface area contributed by atoms with Crippen LogP contribution in [0.25, 0.3) is 0 Å². The predicted octanol–water partition coefficient (Wildman–Crippen LogP) is 3.19. The molecule has 0 aliphatic carbocycles. The van der Waals surface area contributed by atoms with Crippen molar-refractivity contribution in [1.29, 1.82) is 0 Å². The number of rotatable bonds is 6. The fraction of sp³-hybridized carbons (Fsp3) is 0.700. The van der Waals surface area contributed by atoms with E-state index in [9.17, 15) is 4.79 Å². The monoisotopic (exact) mass is 289 g/mol. The number of nitrogens with zero attached hydrogens (tertiary/aromatic N) is 2. The average molecular weight is 289 g/mol. The highest BCUT2D eigenvalue weighted by Crippen LogP contribution is 2.39. The summed E-state index contributed by atoms with van der Waals surface area (Å²) in [7, 11) is 3.98. The predicted molar refractivity (Wildman–Crippen MR) is 75.5 cm³/mol. The van der Waals surface area contributed by atoms with Gasteiger partial charge in [-0.2, -0.15) is 0 Å². The second-order valence-electron chi connectivity index (χ2n) is 3.87. The van der Waals surface area contributed by atoms with E-state index >= 15 is 0 Å². The Morgan fingerprint density at radius 2 is 2.47 bits per heavy atom. The van der Waals surface area contributed by atoms with Crippen LogP contribution < -0.4 is 5.32 Å². The molecule has 1 amide bonds. The van der Waals surface area contributed by atoms with Gasteiger partial charge < -0.3 is 5.32 Å². The van der Waals surface area contributed by atoms with E-state index in [2.05, 4.69) is 15.5 Å². The normalized spacial score (nSPS) is 19.4. The summed E-state index contributed by atoms with van der Waals surface area (Å²) in [6.07, 6.45) is 5.26. The third-order valence-corrected chi connectivity index (χ3v) is 6.13. The molecule has 1 atom stereocenters. The van der Waals surface area contributed by atoms with Crippen molar-refractivity contribution in [3.63, 3.8) is 0 Å². The maximum atomic E-state index is 11.5. The van der Waals surface area contributed by atoms with Gasteiger partial charge in [-0.05, 0) is 19.3 Å². The van der Waals surface area contributed by atoms with Gasteiger partial charge in [-0.25, -0.2) is 0 Å². The van der Waals surface area contributed by atoms with Crippen molar-refractivity contribution >= 4 is 44.0 Å². The van der Waals surface area contributed by atoms with E-state index < -0.39 is 0 Å². The maximum Gasteiger partial charge on any atom is 0.226 e. The standard InChI is InChI=1S/C10H15N3OS3/c14-9(12-10-13-11-7-15-10)4-2-1-3-8-5-6-16-17-8/h7-8H,1-6H2,(H,12,13,14). The van der Waals surface area contributed by atoms with Gasteiger partial charge in [0.25, 0.3) is 0 Å². The van der Waals surface area contributed by atoms with Crippen molar-refractivity contribution in [1.82, 2.24) is 10.2 Å². The zero-order valence-electron chi connectivity index (χ0n) is 9.42. The molecule has 1 N–H and O–H groups in total. The molecule has 2 rings (SSSR count). The number of carbonyl (C=O) groups excluding carboxylic acids is 1. The molecule has 1 aromatic heterocycles. The minimum Gasteiger partial charge on any atom is -0.301 e. The van der Waals surface area contributed by atoms with Gasteiger partial charge in [0.05, 0.1) is 0 Å². The van der Waals surface area contributed by atoms with Crippen molar-refractivity contribution in [2.75, 3.05) is 11.1 Å². The lowest BCUT2D eigenvalue weighted by atomic mass is 10.1. The van der Waals surface area contributed by atoms with Crippen molar-refractivity contribution in [2.45, 2.75) is 37.4 Å². The van der Waals surface area contributed by atoms with Crippen molar-refractivity contribution in [3.8, 4) is 0 Å². The summed E-state index contributed by atoms with van der Waals surface area (Å²) in [5.74, 6) is 1.34. The molecule has 0 radical (unpaired) electrons. The van der Waals surface area contributed by atoms with Crippen LogP contribution in [-0.2, 0) is 4.79 Å². The Labute approximate surface area is 113 Å². The van der Waals surface area contributed by atoms with Gasteiger partial charge in [0.1, 0.15) is 5.51 Å². The summed E-state index contributed by atoms with van der Waals surface area (Å²) >= 11 is 1.35. The number of carbonyl (C=O) groups is 1. The topological polar surface area (TPSA) is 54.9 Å². The molecule has 1 saturated heterocycles. The fourth-order valence-corrected chi connectivity index (χ4v) is 5.12. The molecule has 0 aromatic carbocycles. The molecule has 0 spiro atoms. The SMILES string of the molecule is O=C(CCCCC1CCSS1)Nc1nncs1. The molecule has 1 aliphatic rings. The van der Waals surface area contributed by atoms with Crippen LogP contribution in [0.2, 0.25) is 0 Å². The first-order chi connectivity index (χ1) is 8.34. The summed E-state index contributed by atoms with van der Waals surface area (Å²) < 4.78 is 0. The molecule has 17 heavy (non-hydrogen) atoms. The molecular formula is C10H15N3OS3. The van der Waals surface area contributed by atoms with Crippen LogP contribution in [0.1, 0.15) is 32.1 Å². The smallest absolute Gasteiger partial charge is 0.226 e. The molecule has 7 heteroatoms. The Balaban J connectivity index is 1.54. The molecule has 1 unspecified atom stereocenters. The van der Waals surface area contributed by atoms with Gasteiger partial charge in [0.15, 0.2) is 0 Å². The summed E-state index contributed by atoms with van der Waals surface area (Å²) in [5.41, 5.74) is 1.62. The lowest BCUT2D eigenvalue weighted by Crippen LogP contribution is -2.11. The molecule has 1 fully saturated rings. The number of unbranched alkanes of at least 4 members (excludes halogenated alkanes) is 1. The minimum atomic E-state index is 0.0511. The number of nitrogens with one attached hydrogen (secondary N) is 1. The molecule has 2 heterocycles.